The average molecular weight is 180 g/mol. The molecule has 0 fully saturated rings. The summed E-state index contributed by atoms with van der Waals surface area (Å²) in [4.78, 5) is 0. The SMILES string of the molecule is CCNCc1noc2c1CCCC2. The van der Waals surface area contributed by atoms with E-state index in [-0.39, 0.29) is 0 Å². The zero-order valence-corrected chi connectivity index (χ0v) is 8.10. The van der Waals surface area contributed by atoms with Crippen molar-refractivity contribution < 1.29 is 4.52 Å². The largest absolute Gasteiger partial charge is 0.361 e. The van der Waals surface area contributed by atoms with E-state index in [1.54, 1.807) is 0 Å². The van der Waals surface area contributed by atoms with E-state index in [1.807, 2.05) is 0 Å². The second-order valence-corrected chi connectivity index (χ2v) is 3.52. The summed E-state index contributed by atoms with van der Waals surface area (Å²) in [5.74, 6) is 1.12. The van der Waals surface area contributed by atoms with Gasteiger partial charge in [-0.1, -0.05) is 12.1 Å². The molecule has 0 amide bonds. The Morgan fingerprint density at radius 2 is 2.23 bits per heavy atom. The van der Waals surface area contributed by atoms with Crippen LogP contribution in [0.25, 0.3) is 0 Å². The van der Waals surface area contributed by atoms with Crippen LogP contribution >= 0.6 is 0 Å². The van der Waals surface area contributed by atoms with Crippen molar-refractivity contribution in [3.8, 4) is 0 Å². The predicted molar refractivity (Wildman–Crippen MR) is 50.5 cm³/mol. The highest BCUT2D eigenvalue weighted by atomic mass is 16.5. The number of fused-ring (bicyclic) bond motifs is 1. The van der Waals surface area contributed by atoms with Crippen LogP contribution in [0.1, 0.15) is 36.8 Å². The van der Waals surface area contributed by atoms with E-state index in [4.69, 9.17) is 4.52 Å². The van der Waals surface area contributed by atoms with Gasteiger partial charge in [-0.25, -0.2) is 0 Å². The molecule has 1 N–H and O–H groups in total. The highest BCUT2D eigenvalue weighted by Gasteiger charge is 2.18. The lowest BCUT2D eigenvalue weighted by molar-refractivity contribution is 0.367. The van der Waals surface area contributed by atoms with Gasteiger partial charge >= 0.3 is 0 Å². The first kappa shape index (κ1) is 8.75. The lowest BCUT2D eigenvalue weighted by atomic mass is 9.96. The molecule has 1 aromatic heterocycles. The standard InChI is InChI=1S/C10H16N2O/c1-2-11-7-9-8-5-3-4-6-10(8)13-12-9/h11H,2-7H2,1H3. The number of hydrogen-bond acceptors (Lipinski definition) is 3. The van der Waals surface area contributed by atoms with Crippen molar-refractivity contribution in [1.82, 2.24) is 10.5 Å². The van der Waals surface area contributed by atoms with E-state index in [9.17, 15) is 0 Å². The third-order valence-corrected chi connectivity index (χ3v) is 2.57. The van der Waals surface area contributed by atoms with Crippen LogP contribution in [0.15, 0.2) is 4.52 Å². The quantitative estimate of drug-likeness (QED) is 0.768. The minimum Gasteiger partial charge on any atom is -0.361 e. The number of hydrogen-bond donors (Lipinski definition) is 1. The lowest BCUT2D eigenvalue weighted by Gasteiger charge is -2.08. The van der Waals surface area contributed by atoms with Gasteiger partial charge in [0.1, 0.15) is 11.5 Å². The molecule has 72 valence electrons. The summed E-state index contributed by atoms with van der Waals surface area (Å²) in [7, 11) is 0. The Hall–Kier alpha value is -0.830. The third-order valence-electron chi connectivity index (χ3n) is 2.57. The summed E-state index contributed by atoms with van der Waals surface area (Å²) in [6.45, 7) is 3.95. The molecule has 13 heavy (non-hydrogen) atoms. The summed E-state index contributed by atoms with van der Waals surface area (Å²) in [6.07, 6.45) is 4.77. The molecular weight excluding hydrogens is 164 g/mol. The van der Waals surface area contributed by atoms with E-state index >= 15 is 0 Å². The van der Waals surface area contributed by atoms with Crippen molar-refractivity contribution in [3.63, 3.8) is 0 Å². The molecule has 0 saturated heterocycles. The summed E-state index contributed by atoms with van der Waals surface area (Å²) in [6, 6.07) is 0. The minimum atomic E-state index is 0.856. The fourth-order valence-electron chi connectivity index (χ4n) is 1.83. The summed E-state index contributed by atoms with van der Waals surface area (Å²) < 4.78 is 5.29. The second kappa shape index (κ2) is 3.92. The number of aromatic nitrogens is 1. The van der Waals surface area contributed by atoms with E-state index in [1.165, 1.54) is 18.4 Å². The molecule has 1 aliphatic carbocycles. The first-order valence-corrected chi connectivity index (χ1v) is 5.09. The second-order valence-electron chi connectivity index (χ2n) is 3.52. The third kappa shape index (κ3) is 1.75. The number of aryl methyl sites for hydroxylation is 1. The van der Waals surface area contributed by atoms with Gasteiger partial charge in [0.25, 0.3) is 0 Å². The van der Waals surface area contributed by atoms with Crippen LogP contribution in [0, 0.1) is 0 Å². The number of nitrogens with one attached hydrogen (secondary N) is 1. The van der Waals surface area contributed by atoms with Crippen LogP contribution in [-0.4, -0.2) is 11.7 Å². The monoisotopic (exact) mass is 180 g/mol. The average Bonchev–Trinajstić information content (AvgIpc) is 2.58. The highest BCUT2D eigenvalue weighted by molar-refractivity contribution is 5.25. The number of rotatable bonds is 3. The van der Waals surface area contributed by atoms with Crippen LogP contribution in [0.3, 0.4) is 0 Å². The van der Waals surface area contributed by atoms with Gasteiger partial charge in [-0.05, 0) is 25.8 Å². The zero-order valence-electron chi connectivity index (χ0n) is 8.10. The van der Waals surface area contributed by atoms with Crippen molar-refractivity contribution in [2.24, 2.45) is 0 Å². The topological polar surface area (TPSA) is 38.1 Å². The van der Waals surface area contributed by atoms with Crippen LogP contribution in [0.5, 0.6) is 0 Å². The maximum Gasteiger partial charge on any atom is 0.140 e. The Morgan fingerprint density at radius 3 is 3.08 bits per heavy atom. The van der Waals surface area contributed by atoms with Gasteiger partial charge in [-0.15, -0.1) is 0 Å². The molecule has 3 nitrogen and oxygen atoms in total. The van der Waals surface area contributed by atoms with Gasteiger partial charge < -0.3 is 9.84 Å². The molecule has 0 spiro atoms. The Labute approximate surface area is 78.5 Å². The molecule has 0 aromatic carbocycles. The van der Waals surface area contributed by atoms with Gasteiger partial charge in [-0.2, -0.15) is 0 Å². The Balaban J connectivity index is 2.12. The molecule has 0 saturated carbocycles. The van der Waals surface area contributed by atoms with Crippen molar-refractivity contribution in [2.75, 3.05) is 6.54 Å². The molecule has 2 rings (SSSR count). The number of nitrogens with zero attached hydrogens (tertiary/aromatic N) is 1. The molecule has 1 aliphatic rings. The van der Waals surface area contributed by atoms with Gasteiger partial charge in [0.05, 0.1) is 0 Å². The maximum absolute atomic E-state index is 5.29. The smallest absolute Gasteiger partial charge is 0.140 e. The molecule has 0 atom stereocenters. The molecule has 0 unspecified atom stereocenters. The fourth-order valence-corrected chi connectivity index (χ4v) is 1.83. The van der Waals surface area contributed by atoms with Gasteiger partial charge in [0, 0.05) is 18.5 Å². The molecule has 3 heteroatoms. The molecule has 1 aromatic rings. The molecule has 0 radical (unpaired) electrons. The minimum absolute atomic E-state index is 0.856. The molecule has 0 bridgehead atoms. The normalized spacial score (nSPS) is 15.8. The first-order chi connectivity index (χ1) is 6.42. The Morgan fingerprint density at radius 1 is 1.38 bits per heavy atom. The summed E-state index contributed by atoms with van der Waals surface area (Å²) in [5, 5.41) is 7.38. The summed E-state index contributed by atoms with van der Waals surface area (Å²) in [5.41, 5.74) is 2.49. The molecule has 1 heterocycles. The first-order valence-electron chi connectivity index (χ1n) is 5.09. The van der Waals surface area contributed by atoms with E-state index in [2.05, 4.69) is 17.4 Å². The van der Waals surface area contributed by atoms with Crippen LogP contribution in [-0.2, 0) is 19.4 Å². The molecule has 0 aliphatic heterocycles. The fraction of sp³-hybridized carbons (Fsp3) is 0.700. The van der Waals surface area contributed by atoms with E-state index in [0.29, 0.717) is 0 Å². The van der Waals surface area contributed by atoms with Gasteiger partial charge in [-0.3, -0.25) is 0 Å². The lowest BCUT2D eigenvalue weighted by Crippen LogP contribution is -2.14. The van der Waals surface area contributed by atoms with Crippen molar-refractivity contribution in [3.05, 3.63) is 17.0 Å². The van der Waals surface area contributed by atoms with Gasteiger partial charge in [0.2, 0.25) is 0 Å². The van der Waals surface area contributed by atoms with Crippen LogP contribution < -0.4 is 5.32 Å². The van der Waals surface area contributed by atoms with Crippen LogP contribution in [0.4, 0.5) is 0 Å². The van der Waals surface area contributed by atoms with Crippen molar-refractivity contribution in [1.29, 1.82) is 0 Å². The molecular formula is C10H16N2O. The summed E-state index contributed by atoms with van der Waals surface area (Å²) >= 11 is 0. The predicted octanol–water partition coefficient (Wildman–Crippen LogP) is 1.66. The van der Waals surface area contributed by atoms with Gasteiger partial charge in [0.15, 0.2) is 0 Å². The zero-order chi connectivity index (χ0) is 9.10. The Bertz CT molecular complexity index is 280. The van der Waals surface area contributed by atoms with E-state index in [0.717, 1.165) is 37.4 Å². The highest BCUT2D eigenvalue weighted by Crippen LogP contribution is 2.23. The van der Waals surface area contributed by atoms with Crippen LogP contribution in [0.2, 0.25) is 0 Å². The van der Waals surface area contributed by atoms with E-state index < -0.39 is 0 Å². The van der Waals surface area contributed by atoms with Crippen molar-refractivity contribution >= 4 is 0 Å². The maximum atomic E-state index is 5.29. The Kier molecular flexibility index (Phi) is 2.64. The van der Waals surface area contributed by atoms with Crippen molar-refractivity contribution in [2.45, 2.75) is 39.2 Å².